The summed E-state index contributed by atoms with van der Waals surface area (Å²) in [4.78, 5) is 6.70. The highest BCUT2D eigenvalue weighted by Gasteiger charge is 2.12. The third kappa shape index (κ3) is 1.98. The summed E-state index contributed by atoms with van der Waals surface area (Å²) in [6.07, 6.45) is 1.97. The van der Waals surface area contributed by atoms with Gasteiger partial charge in [0.2, 0.25) is 0 Å². The van der Waals surface area contributed by atoms with Crippen molar-refractivity contribution in [3.8, 4) is 0 Å². The number of nitrogens with zero attached hydrogens (tertiary/aromatic N) is 2. The van der Waals surface area contributed by atoms with Gasteiger partial charge in [0.25, 0.3) is 0 Å². The number of pyridine rings is 1. The Morgan fingerprint density at radius 2 is 2.08 bits per heavy atom. The van der Waals surface area contributed by atoms with Gasteiger partial charge in [0.15, 0.2) is 0 Å². The topological polar surface area (TPSA) is 32.7 Å². The molecule has 0 saturated carbocycles. The summed E-state index contributed by atoms with van der Waals surface area (Å²) in [5.74, 6) is 0. The van der Waals surface area contributed by atoms with Gasteiger partial charge in [0.05, 0.1) is 38.1 Å². The molecule has 0 radical (unpaired) electrons. The van der Waals surface area contributed by atoms with Gasteiger partial charge in [-0.15, -0.1) is 0 Å². The minimum atomic E-state index is 1.09. The quantitative estimate of drug-likeness (QED) is 0.644. The zero-order valence-electron chi connectivity index (χ0n) is 8.03. The van der Waals surface area contributed by atoms with Crippen LogP contribution in [0.4, 0.5) is 5.69 Å². The number of nitrogens with two attached hydrogens (primary N) is 1. The van der Waals surface area contributed by atoms with Crippen LogP contribution in [0.25, 0.3) is 0 Å². The van der Waals surface area contributed by atoms with Crippen LogP contribution in [0.1, 0.15) is 5.69 Å². The standard InChI is InChI=1S/C10H15N3/c1-9-2-3-10(8-12-9)13-6-4-11-5-7-13/h2-3,8,11H,4-7H2,1H3/p+1. The Morgan fingerprint density at radius 1 is 1.31 bits per heavy atom. The summed E-state index contributed by atoms with van der Waals surface area (Å²) >= 11 is 0. The molecule has 0 bridgehead atoms. The van der Waals surface area contributed by atoms with Crippen molar-refractivity contribution in [1.29, 1.82) is 0 Å². The minimum absolute atomic E-state index is 1.09. The highest BCUT2D eigenvalue weighted by molar-refractivity contribution is 5.44. The minimum Gasteiger partial charge on any atom is -0.359 e. The molecule has 0 atom stereocenters. The zero-order valence-corrected chi connectivity index (χ0v) is 8.03. The fourth-order valence-electron chi connectivity index (χ4n) is 1.66. The lowest BCUT2D eigenvalue weighted by Gasteiger charge is -2.26. The van der Waals surface area contributed by atoms with Gasteiger partial charge in [0, 0.05) is 5.69 Å². The highest BCUT2D eigenvalue weighted by Crippen LogP contribution is 2.11. The van der Waals surface area contributed by atoms with Crippen LogP contribution in [0.3, 0.4) is 0 Å². The first-order valence-electron chi connectivity index (χ1n) is 4.85. The van der Waals surface area contributed by atoms with Gasteiger partial charge in [-0.25, -0.2) is 0 Å². The molecule has 0 aliphatic carbocycles. The highest BCUT2D eigenvalue weighted by atomic mass is 15.2. The van der Waals surface area contributed by atoms with Crippen molar-refractivity contribution in [1.82, 2.24) is 4.98 Å². The summed E-state index contributed by atoms with van der Waals surface area (Å²) < 4.78 is 0. The predicted molar refractivity (Wildman–Crippen MR) is 52.8 cm³/mol. The summed E-state index contributed by atoms with van der Waals surface area (Å²) in [5.41, 5.74) is 2.35. The van der Waals surface area contributed by atoms with E-state index in [0.717, 1.165) is 18.8 Å². The molecule has 0 spiro atoms. The van der Waals surface area contributed by atoms with Crippen LogP contribution in [-0.4, -0.2) is 31.2 Å². The van der Waals surface area contributed by atoms with Crippen molar-refractivity contribution in [2.75, 3.05) is 31.1 Å². The monoisotopic (exact) mass is 178 g/mol. The molecule has 1 aliphatic heterocycles. The maximum absolute atomic E-state index is 4.30. The van der Waals surface area contributed by atoms with Crippen LogP contribution < -0.4 is 10.2 Å². The van der Waals surface area contributed by atoms with Crippen molar-refractivity contribution in [2.45, 2.75) is 6.92 Å². The fourth-order valence-corrected chi connectivity index (χ4v) is 1.66. The molecule has 0 unspecified atom stereocenters. The molecule has 1 aromatic heterocycles. The molecule has 0 aromatic carbocycles. The number of rotatable bonds is 1. The van der Waals surface area contributed by atoms with Crippen LogP contribution >= 0.6 is 0 Å². The Hall–Kier alpha value is -1.09. The van der Waals surface area contributed by atoms with E-state index < -0.39 is 0 Å². The lowest BCUT2D eigenvalue weighted by Crippen LogP contribution is -2.89. The van der Waals surface area contributed by atoms with E-state index in [9.17, 15) is 0 Å². The third-order valence-electron chi connectivity index (χ3n) is 2.47. The van der Waals surface area contributed by atoms with Crippen LogP contribution in [0.15, 0.2) is 18.3 Å². The Labute approximate surface area is 78.8 Å². The van der Waals surface area contributed by atoms with Gasteiger partial charge >= 0.3 is 0 Å². The average Bonchev–Trinajstić information content (AvgIpc) is 2.20. The molecule has 1 aromatic rings. The van der Waals surface area contributed by atoms with E-state index in [1.165, 1.54) is 18.8 Å². The molecule has 70 valence electrons. The number of anilines is 1. The second-order valence-corrected chi connectivity index (χ2v) is 3.51. The zero-order chi connectivity index (χ0) is 9.10. The van der Waals surface area contributed by atoms with Gasteiger partial charge in [-0.2, -0.15) is 0 Å². The molecular weight excluding hydrogens is 162 g/mol. The molecule has 1 saturated heterocycles. The first kappa shape index (κ1) is 8.51. The molecular formula is C10H16N3+. The summed E-state index contributed by atoms with van der Waals surface area (Å²) in [6, 6.07) is 4.24. The van der Waals surface area contributed by atoms with E-state index in [0.29, 0.717) is 0 Å². The third-order valence-corrected chi connectivity index (χ3v) is 2.47. The van der Waals surface area contributed by atoms with Crippen molar-refractivity contribution >= 4 is 5.69 Å². The van der Waals surface area contributed by atoms with Crippen LogP contribution in [0.2, 0.25) is 0 Å². The summed E-state index contributed by atoms with van der Waals surface area (Å²) in [6.45, 7) is 6.71. The molecule has 3 heteroatoms. The molecule has 2 heterocycles. The predicted octanol–water partition coefficient (Wildman–Crippen LogP) is -0.227. The summed E-state index contributed by atoms with van der Waals surface area (Å²) in [7, 11) is 0. The van der Waals surface area contributed by atoms with Gasteiger partial charge < -0.3 is 10.2 Å². The largest absolute Gasteiger partial charge is 0.359 e. The number of aromatic nitrogens is 1. The van der Waals surface area contributed by atoms with Crippen molar-refractivity contribution in [2.24, 2.45) is 0 Å². The molecule has 1 fully saturated rings. The van der Waals surface area contributed by atoms with E-state index in [1.807, 2.05) is 13.1 Å². The number of hydrogen-bond donors (Lipinski definition) is 1. The Kier molecular flexibility index (Phi) is 2.45. The lowest BCUT2D eigenvalue weighted by molar-refractivity contribution is -0.655. The molecule has 3 nitrogen and oxygen atoms in total. The first-order chi connectivity index (χ1) is 6.36. The van der Waals surface area contributed by atoms with E-state index in [2.05, 4.69) is 27.3 Å². The summed E-state index contributed by atoms with van der Waals surface area (Å²) in [5, 5.41) is 2.36. The molecule has 2 rings (SSSR count). The van der Waals surface area contributed by atoms with Crippen LogP contribution in [0.5, 0.6) is 0 Å². The van der Waals surface area contributed by atoms with Gasteiger partial charge in [0.1, 0.15) is 0 Å². The molecule has 2 N–H and O–H groups in total. The average molecular weight is 178 g/mol. The number of piperazine rings is 1. The smallest absolute Gasteiger partial charge is 0.0934 e. The second-order valence-electron chi connectivity index (χ2n) is 3.51. The lowest BCUT2D eigenvalue weighted by atomic mass is 10.3. The van der Waals surface area contributed by atoms with Gasteiger partial charge in [-0.1, -0.05) is 0 Å². The van der Waals surface area contributed by atoms with Crippen molar-refractivity contribution in [3.63, 3.8) is 0 Å². The van der Waals surface area contributed by atoms with Crippen molar-refractivity contribution in [3.05, 3.63) is 24.0 Å². The van der Waals surface area contributed by atoms with Crippen molar-refractivity contribution < 1.29 is 5.32 Å². The number of hydrogen-bond acceptors (Lipinski definition) is 2. The van der Waals surface area contributed by atoms with Crippen LogP contribution in [0, 0.1) is 6.92 Å². The SMILES string of the molecule is Cc1ccc(N2CC[NH2+]CC2)cn1. The Balaban J connectivity index is 2.10. The molecule has 0 amide bonds. The number of quaternary nitrogens is 1. The van der Waals surface area contributed by atoms with E-state index in [-0.39, 0.29) is 0 Å². The maximum atomic E-state index is 4.30. The Morgan fingerprint density at radius 3 is 2.69 bits per heavy atom. The van der Waals surface area contributed by atoms with Gasteiger partial charge in [-0.3, -0.25) is 4.98 Å². The first-order valence-corrected chi connectivity index (χ1v) is 4.85. The van der Waals surface area contributed by atoms with E-state index >= 15 is 0 Å². The van der Waals surface area contributed by atoms with E-state index in [4.69, 9.17) is 0 Å². The normalized spacial score (nSPS) is 17.5. The second kappa shape index (κ2) is 3.75. The maximum Gasteiger partial charge on any atom is 0.0934 e. The number of aryl methyl sites for hydroxylation is 1. The Bertz CT molecular complexity index is 262. The molecule has 13 heavy (non-hydrogen) atoms. The van der Waals surface area contributed by atoms with Gasteiger partial charge in [-0.05, 0) is 19.1 Å². The fraction of sp³-hybridized carbons (Fsp3) is 0.500. The van der Waals surface area contributed by atoms with E-state index in [1.54, 1.807) is 0 Å². The molecule has 1 aliphatic rings. The van der Waals surface area contributed by atoms with Crippen LogP contribution in [-0.2, 0) is 0 Å².